The van der Waals surface area contributed by atoms with Crippen LogP contribution in [-0.2, 0) is 16.0 Å². The zero-order chi connectivity index (χ0) is 25.2. The normalized spacial score (nSPS) is 17.9. The largest absolute Gasteiger partial charge is 0.475 e. The molecule has 1 N–H and O–H groups in total. The summed E-state index contributed by atoms with van der Waals surface area (Å²) in [6.45, 7) is 6.57. The molecule has 0 radical (unpaired) electrons. The summed E-state index contributed by atoms with van der Waals surface area (Å²) in [4.78, 5) is 26.7. The molecular weight excluding hydrogens is 456 g/mol. The van der Waals surface area contributed by atoms with Gasteiger partial charge in [-0.3, -0.25) is 9.78 Å². The summed E-state index contributed by atoms with van der Waals surface area (Å²) in [7, 11) is 0. The van der Waals surface area contributed by atoms with E-state index >= 15 is 0 Å². The van der Waals surface area contributed by atoms with Gasteiger partial charge in [0.05, 0.1) is 59.4 Å². The Hall–Kier alpha value is -4.03. The molecule has 0 aliphatic carbocycles. The van der Waals surface area contributed by atoms with Gasteiger partial charge >= 0.3 is 0 Å². The van der Waals surface area contributed by atoms with Crippen molar-refractivity contribution in [3.8, 4) is 11.9 Å². The van der Waals surface area contributed by atoms with Crippen LogP contribution in [0.25, 0.3) is 21.9 Å². The molecule has 0 saturated carbocycles. The highest BCUT2D eigenvalue weighted by atomic mass is 16.5. The Morgan fingerprint density at radius 3 is 2.83 bits per heavy atom. The maximum Gasteiger partial charge on any atom is 0.232 e. The summed E-state index contributed by atoms with van der Waals surface area (Å²) in [5.41, 5.74) is 3.53. The van der Waals surface area contributed by atoms with Gasteiger partial charge in [0.2, 0.25) is 11.8 Å². The fourth-order valence-electron chi connectivity index (χ4n) is 4.74. The number of ether oxygens (including phenoxy) is 2. The van der Waals surface area contributed by atoms with Gasteiger partial charge in [0.1, 0.15) is 11.3 Å². The standard InChI is InChI=1S/C27H28N6O3/c1-16(2)36-26-7-5-19(14-30-26)31-25(34)12-24-32-23-15-29-22-6-4-18(13-28)11-21(22)27(23)33(24)20-8-9-35-17(3)10-20/h4-7,11,14-17,20H,8-10,12H2,1-3H3,(H,31,34)/t17-,20-/m1/s1. The Kier molecular flexibility index (Phi) is 6.53. The molecule has 1 saturated heterocycles. The van der Waals surface area contributed by atoms with E-state index in [-0.39, 0.29) is 30.6 Å². The second-order valence-corrected chi connectivity index (χ2v) is 9.37. The van der Waals surface area contributed by atoms with E-state index in [1.165, 1.54) is 0 Å². The highest BCUT2D eigenvalue weighted by Gasteiger charge is 2.27. The highest BCUT2D eigenvalue weighted by molar-refractivity contribution is 6.03. The molecule has 1 aliphatic rings. The first kappa shape index (κ1) is 23.7. The number of carbonyl (C=O) groups is 1. The second-order valence-electron chi connectivity index (χ2n) is 9.37. The molecular formula is C27H28N6O3. The molecule has 0 bridgehead atoms. The lowest BCUT2D eigenvalue weighted by atomic mass is 10.0. The smallest absolute Gasteiger partial charge is 0.232 e. The van der Waals surface area contributed by atoms with E-state index in [4.69, 9.17) is 14.5 Å². The lowest BCUT2D eigenvalue weighted by Gasteiger charge is -2.30. The van der Waals surface area contributed by atoms with Crippen molar-refractivity contribution in [3.63, 3.8) is 0 Å². The van der Waals surface area contributed by atoms with Crippen molar-refractivity contribution < 1.29 is 14.3 Å². The maximum atomic E-state index is 13.1. The van der Waals surface area contributed by atoms with Crippen LogP contribution in [-0.4, -0.2) is 44.2 Å². The molecule has 3 aromatic heterocycles. The lowest BCUT2D eigenvalue weighted by Crippen LogP contribution is -2.27. The number of pyridine rings is 2. The number of amides is 1. The van der Waals surface area contributed by atoms with Crippen LogP contribution in [0.2, 0.25) is 0 Å². The number of rotatable bonds is 6. The molecule has 9 heteroatoms. The third-order valence-corrected chi connectivity index (χ3v) is 6.24. The molecule has 1 aromatic carbocycles. The van der Waals surface area contributed by atoms with Crippen molar-refractivity contribution in [3.05, 3.63) is 54.1 Å². The maximum absolute atomic E-state index is 13.1. The number of hydrogen-bond donors (Lipinski definition) is 1. The van der Waals surface area contributed by atoms with Gasteiger partial charge < -0.3 is 19.4 Å². The van der Waals surface area contributed by atoms with E-state index in [0.717, 1.165) is 29.3 Å². The summed E-state index contributed by atoms with van der Waals surface area (Å²) in [5.74, 6) is 0.974. The highest BCUT2D eigenvalue weighted by Crippen LogP contribution is 2.34. The molecule has 36 heavy (non-hydrogen) atoms. The zero-order valence-corrected chi connectivity index (χ0v) is 20.6. The SMILES string of the molecule is CC(C)Oc1ccc(NC(=O)Cc2nc3cnc4ccc(C#N)cc4c3n2[C@@H]2CCO[C@H](C)C2)cn1. The molecule has 4 aromatic rings. The van der Waals surface area contributed by atoms with Gasteiger partial charge in [-0.15, -0.1) is 0 Å². The monoisotopic (exact) mass is 484 g/mol. The van der Waals surface area contributed by atoms with Gasteiger partial charge in [0, 0.05) is 24.1 Å². The second kappa shape index (κ2) is 9.91. The van der Waals surface area contributed by atoms with Crippen molar-refractivity contribution in [1.29, 1.82) is 5.26 Å². The minimum absolute atomic E-state index is 0.0219. The van der Waals surface area contributed by atoms with Gasteiger partial charge in [0.15, 0.2) is 0 Å². The number of aromatic nitrogens is 4. The van der Waals surface area contributed by atoms with Gasteiger partial charge in [-0.2, -0.15) is 5.26 Å². The Bertz CT molecular complexity index is 1450. The number of hydrogen-bond acceptors (Lipinski definition) is 7. The number of fused-ring (bicyclic) bond motifs is 3. The third-order valence-electron chi connectivity index (χ3n) is 6.24. The predicted octanol–water partition coefficient (Wildman–Crippen LogP) is 4.56. The molecule has 1 aliphatic heterocycles. The van der Waals surface area contributed by atoms with E-state index in [9.17, 15) is 10.1 Å². The number of imidazole rings is 1. The van der Waals surface area contributed by atoms with E-state index < -0.39 is 0 Å². The third kappa shape index (κ3) is 4.86. The van der Waals surface area contributed by atoms with Crippen molar-refractivity contribution in [2.24, 2.45) is 0 Å². The quantitative estimate of drug-likeness (QED) is 0.427. The minimum Gasteiger partial charge on any atom is -0.475 e. The first-order valence-electron chi connectivity index (χ1n) is 12.1. The minimum atomic E-state index is -0.194. The zero-order valence-electron chi connectivity index (χ0n) is 20.6. The lowest BCUT2D eigenvalue weighted by molar-refractivity contribution is -0.115. The van der Waals surface area contributed by atoms with E-state index in [1.54, 1.807) is 30.6 Å². The van der Waals surface area contributed by atoms with E-state index in [1.807, 2.05) is 26.0 Å². The number of nitrogens with one attached hydrogen (secondary N) is 1. The van der Waals surface area contributed by atoms with Crippen LogP contribution in [0, 0.1) is 11.3 Å². The summed E-state index contributed by atoms with van der Waals surface area (Å²) in [5, 5.41) is 13.2. The van der Waals surface area contributed by atoms with Crippen LogP contribution in [0.1, 0.15) is 51.0 Å². The van der Waals surface area contributed by atoms with Gasteiger partial charge in [-0.05, 0) is 57.9 Å². The van der Waals surface area contributed by atoms with Crippen LogP contribution in [0.4, 0.5) is 5.69 Å². The number of nitriles is 1. The summed E-state index contributed by atoms with van der Waals surface area (Å²) < 4.78 is 13.5. The van der Waals surface area contributed by atoms with E-state index in [2.05, 4.69) is 32.8 Å². The first-order valence-corrected chi connectivity index (χ1v) is 12.1. The number of benzene rings is 1. The van der Waals surface area contributed by atoms with Crippen molar-refractivity contribution in [2.45, 2.75) is 58.3 Å². The van der Waals surface area contributed by atoms with E-state index in [0.29, 0.717) is 35.1 Å². The van der Waals surface area contributed by atoms with Crippen LogP contribution >= 0.6 is 0 Å². The molecule has 4 heterocycles. The van der Waals surface area contributed by atoms with Crippen molar-refractivity contribution in [2.75, 3.05) is 11.9 Å². The molecule has 184 valence electrons. The Morgan fingerprint density at radius 1 is 1.25 bits per heavy atom. The average molecular weight is 485 g/mol. The van der Waals surface area contributed by atoms with Crippen molar-refractivity contribution >= 4 is 33.5 Å². The molecule has 0 unspecified atom stereocenters. The molecule has 9 nitrogen and oxygen atoms in total. The number of nitrogens with zero attached hydrogens (tertiary/aromatic N) is 5. The first-order chi connectivity index (χ1) is 17.4. The molecule has 1 amide bonds. The van der Waals surface area contributed by atoms with Crippen molar-refractivity contribution in [1.82, 2.24) is 19.5 Å². The molecule has 5 rings (SSSR count). The fraction of sp³-hybridized carbons (Fsp3) is 0.370. The Labute approximate surface area is 209 Å². The molecule has 1 fully saturated rings. The van der Waals surface area contributed by atoms with Gasteiger partial charge in [-0.1, -0.05) is 0 Å². The topological polar surface area (TPSA) is 115 Å². The van der Waals surface area contributed by atoms with Crippen LogP contribution in [0.15, 0.2) is 42.7 Å². The predicted molar refractivity (Wildman–Crippen MR) is 136 cm³/mol. The molecule has 0 spiro atoms. The van der Waals surface area contributed by atoms with Gasteiger partial charge in [-0.25, -0.2) is 9.97 Å². The van der Waals surface area contributed by atoms with Crippen LogP contribution in [0.3, 0.4) is 0 Å². The fourth-order valence-corrected chi connectivity index (χ4v) is 4.74. The summed E-state index contributed by atoms with van der Waals surface area (Å²) >= 11 is 0. The Balaban J connectivity index is 1.51. The van der Waals surface area contributed by atoms with Crippen LogP contribution in [0.5, 0.6) is 5.88 Å². The van der Waals surface area contributed by atoms with Crippen LogP contribution < -0.4 is 10.1 Å². The molecule has 2 atom stereocenters. The number of carbonyl (C=O) groups excluding carboxylic acids is 1. The average Bonchev–Trinajstić information content (AvgIpc) is 3.22. The number of anilines is 1. The Morgan fingerprint density at radius 2 is 2.11 bits per heavy atom. The summed E-state index contributed by atoms with van der Waals surface area (Å²) in [6.07, 6.45) is 5.15. The van der Waals surface area contributed by atoms with Gasteiger partial charge in [0.25, 0.3) is 0 Å². The summed E-state index contributed by atoms with van der Waals surface area (Å²) in [6, 6.07) is 11.3.